The first-order valence-electron chi connectivity index (χ1n) is 10.5. The lowest BCUT2D eigenvalue weighted by Crippen LogP contribution is -2.40. The van der Waals surface area contributed by atoms with Gasteiger partial charge in [-0.1, -0.05) is 26.0 Å². The van der Waals surface area contributed by atoms with Crippen LogP contribution in [0, 0.1) is 11.8 Å². The summed E-state index contributed by atoms with van der Waals surface area (Å²) in [6, 6.07) is 7.90. The molecular formula is C22H36N4O2. The van der Waals surface area contributed by atoms with Gasteiger partial charge in [-0.25, -0.2) is 4.99 Å². The summed E-state index contributed by atoms with van der Waals surface area (Å²) in [5.41, 5.74) is 1.89. The van der Waals surface area contributed by atoms with Gasteiger partial charge < -0.3 is 20.3 Å². The van der Waals surface area contributed by atoms with Gasteiger partial charge in [0.25, 0.3) is 0 Å². The lowest BCUT2D eigenvalue weighted by Gasteiger charge is -2.22. The molecule has 1 atom stereocenters. The highest BCUT2D eigenvalue weighted by molar-refractivity contribution is 5.92. The van der Waals surface area contributed by atoms with Crippen molar-refractivity contribution in [3.05, 3.63) is 29.8 Å². The number of ether oxygens (including phenoxy) is 1. The molecule has 2 N–H and O–H groups in total. The van der Waals surface area contributed by atoms with Crippen molar-refractivity contribution in [1.29, 1.82) is 0 Å². The number of likely N-dealkylation sites (N-methyl/N-ethyl adjacent to an activating group) is 1. The second-order valence-electron chi connectivity index (χ2n) is 7.61. The number of carbonyl (C=O) groups excluding carboxylic acids is 1. The molecule has 1 amide bonds. The fourth-order valence-corrected chi connectivity index (χ4v) is 2.68. The smallest absolute Gasteiger partial charge is 0.227 e. The number of hydrogen-bond donors (Lipinski definition) is 2. The highest BCUT2D eigenvalue weighted by atomic mass is 16.5. The van der Waals surface area contributed by atoms with Gasteiger partial charge in [-0.15, -0.1) is 0 Å². The van der Waals surface area contributed by atoms with Gasteiger partial charge >= 0.3 is 0 Å². The Morgan fingerprint density at radius 2 is 2.14 bits per heavy atom. The van der Waals surface area contributed by atoms with Crippen LogP contribution in [0.2, 0.25) is 0 Å². The molecule has 0 saturated heterocycles. The second-order valence-corrected chi connectivity index (χ2v) is 7.61. The van der Waals surface area contributed by atoms with Crippen molar-refractivity contribution in [2.24, 2.45) is 16.8 Å². The number of benzene rings is 1. The van der Waals surface area contributed by atoms with Crippen LogP contribution in [0.4, 0.5) is 5.69 Å². The van der Waals surface area contributed by atoms with Gasteiger partial charge in [0.1, 0.15) is 0 Å². The number of nitrogens with one attached hydrogen (secondary N) is 2. The molecule has 0 spiro atoms. The van der Waals surface area contributed by atoms with E-state index in [2.05, 4.69) is 22.5 Å². The molecule has 0 bridgehead atoms. The van der Waals surface area contributed by atoms with Gasteiger partial charge in [-0.3, -0.25) is 4.79 Å². The van der Waals surface area contributed by atoms with Gasteiger partial charge in [0.05, 0.1) is 13.2 Å². The monoisotopic (exact) mass is 388 g/mol. The van der Waals surface area contributed by atoms with Crippen molar-refractivity contribution in [2.75, 3.05) is 38.7 Å². The average molecular weight is 389 g/mol. The molecule has 1 aromatic carbocycles. The van der Waals surface area contributed by atoms with Crippen molar-refractivity contribution in [2.45, 2.75) is 46.6 Å². The van der Waals surface area contributed by atoms with E-state index in [4.69, 9.17) is 9.73 Å². The third-order valence-electron chi connectivity index (χ3n) is 4.98. The van der Waals surface area contributed by atoms with E-state index < -0.39 is 0 Å². The standard InChI is InChI=1S/C22H36N4O2/c1-5-17(3)21(27)25-20-9-7-8-19(14-20)15-24-22(23-6-2)26(4)12-13-28-16-18-10-11-18/h7-9,14,17-18H,5-6,10-13,15-16H2,1-4H3,(H,23,24)(H,25,27). The number of amides is 1. The summed E-state index contributed by atoms with van der Waals surface area (Å²) in [7, 11) is 2.03. The minimum atomic E-state index is 0.0119. The molecule has 1 fully saturated rings. The van der Waals surface area contributed by atoms with Gasteiger partial charge in [0.2, 0.25) is 5.91 Å². The highest BCUT2D eigenvalue weighted by Crippen LogP contribution is 2.28. The predicted molar refractivity (Wildman–Crippen MR) is 116 cm³/mol. The summed E-state index contributed by atoms with van der Waals surface area (Å²) in [6.45, 7) is 9.81. The molecule has 0 heterocycles. The Balaban J connectivity index is 1.89. The van der Waals surface area contributed by atoms with Gasteiger partial charge in [-0.2, -0.15) is 0 Å². The molecule has 2 rings (SSSR count). The number of carbonyl (C=O) groups is 1. The fourth-order valence-electron chi connectivity index (χ4n) is 2.68. The third kappa shape index (κ3) is 7.89. The number of anilines is 1. The molecule has 1 unspecified atom stereocenters. The SMILES string of the molecule is CCNC(=NCc1cccc(NC(=O)C(C)CC)c1)N(C)CCOCC1CC1. The highest BCUT2D eigenvalue weighted by Gasteiger charge is 2.21. The van der Waals surface area contributed by atoms with E-state index >= 15 is 0 Å². The topological polar surface area (TPSA) is 66.0 Å². The number of hydrogen-bond acceptors (Lipinski definition) is 3. The van der Waals surface area contributed by atoms with Crippen molar-refractivity contribution in [3.8, 4) is 0 Å². The van der Waals surface area contributed by atoms with Crippen molar-refractivity contribution in [1.82, 2.24) is 10.2 Å². The van der Waals surface area contributed by atoms with E-state index in [0.29, 0.717) is 13.2 Å². The lowest BCUT2D eigenvalue weighted by atomic mass is 10.1. The van der Waals surface area contributed by atoms with E-state index in [0.717, 1.165) is 49.2 Å². The zero-order chi connectivity index (χ0) is 20.4. The molecule has 28 heavy (non-hydrogen) atoms. The quantitative estimate of drug-likeness (QED) is 0.346. The van der Waals surface area contributed by atoms with E-state index in [-0.39, 0.29) is 11.8 Å². The van der Waals surface area contributed by atoms with Crippen LogP contribution in [-0.4, -0.2) is 50.1 Å². The number of guanidine groups is 1. The molecule has 156 valence electrons. The minimum absolute atomic E-state index is 0.0119. The minimum Gasteiger partial charge on any atom is -0.379 e. The van der Waals surface area contributed by atoms with Crippen LogP contribution in [0.25, 0.3) is 0 Å². The molecule has 6 nitrogen and oxygen atoms in total. The molecule has 1 aromatic rings. The maximum Gasteiger partial charge on any atom is 0.227 e. The van der Waals surface area contributed by atoms with Crippen LogP contribution in [0.1, 0.15) is 45.6 Å². The molecule has 1 saturated carbocycles. The molecule has 0 aromatic heterocycles. The Morgan fingerprint density at radius 3 is 2.82 bits per heavy atom. The van der Waals surface area contributed by atoms with Crippen LogP contribution in [0.15, 0.2) is 29.3 Å². The Morgan fingerprint density at radius 1 is 1.36 bits per heavy atom. The average Bonchev–Trinajstić information content (AvgIpc) is 3.52. The Kier molecular flexibility index (Phi) is 9.28. The normalized spacial score (nSPS) is 15.2. The largest absolute Gasteiger partial charge is 0.379 e. The number of nitrogens with zero attached hydrogens (tertiary/aromatic N) is 2. The zero-order valence-corrected chi connectivity index (χ0v) is 17.8. The summed E-state index contributed by atoms with van der Waals surface area (Å²) in [5.74, 6) is 1.73. The zero-order valence-electron chi connectivity index (χ0n) is 17.8. The Hall–Kier alpha value is -2.08. The van der Waals surface area contributed by atoms with Gasteiger partial charge in [0.15, 0.2) is 5.96 Å². The Labute approximate surface area is 169 Å². The maximum atomic E-state index is 12.1. The first kappa shape index (κ1) is 22.2. The van der Waals surface area contributed by atoms with Crippen molar-refractivity contribution >= 4 is 17.6 Å². The van der Waals surface area contributed by atoms with E-state index in [9.17, 15) is 4.79 Å². The van der Waals surface area contributed by atoms with Crippen LogP contribution in [0.3, 0.4) is 0 Å². The van der Waals surface area contributed by atoms with Crippen molar-refractivity contribution in [3.63, 3.8) is 0 Å². The molecular weight excluding hydrogens is 352 g/mol. The predicted octanol–water partition coefficient (Wildman–Crippen LogP) is 3.50. The van der Waals surface area contributed by atoms with Crippen LogP contribution in [-0.2, 0) is 16.1 Å². The Bertz CT molecular complexity index is 643. The first-order chi connectivity index (χ1) is 13.5. The van der Waals surface area contributed by atoms with E-state index in [1.807, 2.05) is 45.2 Å². The van der Waals surface area contributed by atoms with Gasteiger partial charge in [-0.05, 0) is 49.8 Å². The number of rotatable bonds is 11. The van der Waals surface area contributed by atoms with Crippen LogP contribution in [0.5, 0.6) is 0 Å². The summed E-state index contributed by atoms with van der Waals surface area (Å²) >= 11 is 0. The summed E-state index contributed by atoms with van der Waals surface area (Å²) in [5, 5.41) is 6.32. The van der Waals surface area contributed by atoms with E-state index in [1.54, 1.807) is 0 Å². The van der Waals surface area contributed by atoms with Crippen molar-refractivity contribution < 1.29 is 9.53 Å². The first-order valence-corrected chi connectivity index (χ1v) is 10.5. The third-order valence-corrected chi connectivity index (χ3v) is 4.98. The molecule has 1 aliphatic carbocycles. The maximum absolute atomic E-state index is 12.1. The summed E-state index contributed by atoms with van der Waals surface area (Å²) in [6.07, 6.45) is 3.46. The fraction of sp³-hybridized carbons (Fsp3) is 0.636. The lowest BCUT2D eigenvalue weighted by molar-refractivity contribution is -0.119. The summed E-state index contributed by atoms with van der Waals surface area (Å²) in [4.78, 5) is 18.9. The molecule has 0 aliphatic heterocycles. The molecule has 0 radical (unpaired) electrons. The second kappa shape index (κ2) is 11.7. The van der Waals surface area contributed by atoms with Crippen LogP contribution >= 0.6 is 0 Å². The molecule has 6 heteroatoms. The summed E-state index contributed by atoms with van der Waals surface area (Å²) < 4.78 is 5.74. The van der Waals surface area contributed by atoms with E-state index in [1.165, 1.54) is 12.8 Å². The number of aliphatic imine (C=N–C) groups is 1. The molecule has 1 aliphatic rings. The van der Waals surface area contributed by atoms with Gasteiger partial charge in [0, 0.05) is 38.3 Å². The van der Waals surface area contributed by atoms with Crippen LogP contribution < -0.4 is 10.6 Å².